The largest absolute Gasteiger partial charge is 0.508 e. The van der Waals surface area contributed by atoms with Gasteiger partial charge in [-0.3, -0.25) is 0 Å². The second kappa shape index (κ2) is 6.49. The number of esters is 1. The Balaban J connectivity index is 2.00. The molecular formula is C20H7Cl5O5. The molecule has 3 aromatic rings. The first kappa shape index (κ1) is 19.9. The molecule has 0 radical (unpaired) electrons. The first-order valence-electron chi connectivity index (χ1n) is 8.31. The molecule has 2 N–H and O–H groups in total. The van der Waals surface area contributed by atoms with Crippen LogP contribution in [0.3, 0.4) is 0 Å². The summed E-state index contributed by atoms with van der Waals surface area (Å²) in [7, 11) is 0. The number of rotatable bonds is 0. The molecule has 3 aromatic carbocycles. The number of carbonyl (C=O) groups excluding carboxylic acids is 1. The van der Waals surface area contributed by atoms with Crippen LogP contribution < -0.4 is 4.74 Å². The topological polar surface area (TPSA) is 76.0 Å². The summed E-state index contributed by atoms with van der Waals surface area (Å²) in [6.45, 7) is 0. The molecule has 0 bridgehead atoms. The standard InChI is InChI=1S/C20H7Cl5O5/c21-13-9(27)4-3-8-18(13)29-10-5-6(26)1-2-7(10)20(8)12-11(19(28)30-20)14(22)16(24)17(25)15(12)23/h1-5,26-27H. The molecule has 0 aromatic heterocycles. The SMILES string of the molecule is O=C1OC2(c3ccc(O)cc3Oc3c2ccc(O)c3Cl)c2c(Cl)c(Cl)c(Cl)c(Cl)c21. The molecule has 0 amide bonds. The van der Waals surface area contributed by atoms with E-state index in [2.05, 4.69) is 0 Å². The fourth-order valence-electron chi connectivity index (χ4n) is 3.84. The molecule has 1 unspecified atom stereocenters. The van der Waals surface area contributed by atoms with Gasteiger partial charge in [-0.05, 0) is 24.3 Å². The van der Waals surface area contributed by atoms with Gasteiger partial charge in [-0.1, -0.05) is 58.0 Å². The molecule has 152 valence electrons. The highest BCUT2D eigenvalue weighted by Gasteiger charge is 2.57. The lowest BCUT2D eigenvalue weighted by Gasteiger charge is -2.37. The minimum Gasteiger partial charge on any atom is -0.508 e. The van der Waals surface area contributed by atoms with E-state index in [0.29, 0.717) is 5.56 Å². The van der Waals surface area contributed by atoms with Crippen molar-refractivity contribution in [3.8, 4) is 23.0 Å². The fourth-order valence-corrected chi connectivity index (χ4v) is 5.10. The van der Waals surface area contributed by atoms with Crippen molar-refractivity contribution in [2.24, 2.45) is 0 Å². The molecule has 5 nitrogen and oxygen atoms in total. The van der Waals surface area contributed by atoms with Crippen LogP contribution in [0.15, 0.2) is 30.3 Å². The number of benzene rings is 3. The molecule has 0 saturated carbocycles. The number of halogens is 5. The van der Waals surface area contributed by atoms with Gasteiger partial charge in [0.2, 0.25) is 0 Å². The summed E-state index contributed by atoms with van der Waals surface area (Å²) in [6, 6.07) is 7.05. The number of fused-ring (bicyclic) bond motifs is 6. The van der Waals surface area contributed by atoms with E-state index in [1.165, 1.54) is 30.3 Å². The summed E-state index contributed by atoms with van der Waals surface area (Å²) < 4.78 is 11.7. The minimum absolute atomic E-state index is 0.0219. The quantitative estimate of drug-likeness (QED) is 0.197. The highest BCUT2D eigenvalue weighted by atomic mass is 35.5. The van der Waals surface area contributed by atoms with Gasteiger partial charge in [0.15, 0.2) is 11.4 Å². The highest BCUT2D eigenvalue weighted by molar-refractivity contribution is 6.53. The molecule has 0 aliphatic carbocycles. The van der Waals surface area contributed by atoms with Crippen LogP contribution in [0.4, 0.5) is 0 Å². The molecule has 2 aliphatic rings. The van der Waals surface area contributed by atoms with Gasteiger partial charge < -0.3 is 19.7 Å². The van der Waals surface area contributed by atoms with Crippen molar-refractivity contribution in [1.82, 2.24) is 0 Å². The summed E-state index contributed by atoms with van der Waals surface area (Å²) in [5.41, 5.74) is -0.918. The zero-order chi connectivity index (χ0) is 21.5. The Morgan fingerprint density at radius 2 is 1.47 bits per heavy atom. The van der Waals surface area contributed by atoms with Crippen LogP contribution in [0.25, 0.3) is 0 Å². The molecule has 30 heavy (non-hydrogen) atoms. The van der Waals surface area contributed by atoms with Crippen molar-refractivity contribution in [2.45, 2.75) is 5.60 Å². The average Bonchev–Trinajstić information content (AvgIpc) is 3.01. The van der Waals surface area contributed by atoms with Crippen LogP contribution in [0.5, 0.6) is 23.0 Å². The number of phenols is 2. The normalized spacial score (nSPS) is 18.5. The van der Waals surface area contributed by atoms with Crippen LogP contribution in [0, 0.1) is 0 Å². The lowest BCUT2D eigenvalue weighted by atomic mass is 9.77. The Hall–Kier alpha value is -2.02. The van der Waals surface area contributed by atoms with Crippen LogP contribution in [0.1, 0.15) is 27.0 Å². The van der Waals surface area contributed by atoms with Crippen LogP contribution >= 0.6 is 58.0 Å². The lowest BCUT2D eigenvalue weighted by molar-refractivity contribution is 0.0224. The molecular weight excluding hydrogens is 497 g/mol. The Kier molecular flexibility index (Phi) is 4.31. The highest BCUT2D eigenvalue weighted by Crippen LogP contribution is 2.62. The number of carbonyl (C=O) groups is 1. The van der Waals surface area contributed by atoms with E-state index in [1.807, 2.05) is 0 Å². The predicted octanol–water partition coefficient (Wildman–Crippen LogP) is 6.93. The van der Waals surface area contributed by atoms with E-state index in [0.717, 1.165) is 0 Å². The van der Waals surface area contributed by atoms with Gasteiger partial charge in [-0.2, -0.15) is 0 Å². The molecule has 0 fully saturated rings. The number of aromatic hydroxyl groups is 2. The second-order valence-corrected chi connectivity index (χ2v) is 8.52. The van der Waals surface area contributed by atoms with E-state index in [9.17, 15) is 15.0 Å². The van der Waals surface area contributed by atoms with Crippen LogP contribution in [-0.4, -0.2) is 16.2 Å². The molecule has 2 heterocycles. The van der Waals surface area contributed by atoms with Gasteiger partial charge >= 0.3 is 5.97 Å². The third-order valence-electron chi connectivity index (χ3n) is 5.08. The fraction of sp³-hybridized carbons (Fsp3) is 0.0500. The molecule has 0 saturated heterocycles. The Morgan fingerprint density at radius 3 is 2.20 bits per heavy atom. The monoisotopic (exact) mass is 502 g/mol. The van der Waals surface area contributed by atoms with Gasteiger partial charge in [-0.25, -0.2) is 4.79 Å². The first-order chi connectivity index (χ1) is 14.2. The summed E-state index contributed by atoms with van der Waals surface area (Å²) >= 11 is 31.6. The van der Waals surface area contributed by atoms with Crippen molar-refractivity contribution in [1.29, 1.82) is 0 Å². The second-order valence-electron chi connectivity index (χ2n) is 6.63. The predicted molar refractivity (Wildman–Crippen MR) is 113 cm³/mol. The van der Waals surface area contributed by atoms with Gasteiger partial charge in [-0.15, -0.1) is 0 Å². The molecule has 2 aliphatic heterocycles. The van der Waals surface area contributed by atoms with Crippen molar-refractivity contribution in [3.05, 3.63) is 77.7 Å². The smallest absolute Gasteiger partial charge is 0.341 e. The Labute approximate surface area is 194 Å². The van der Waals surface area contributed by atoms with Gasteiger partial charge in [0, 0.05) is 22.8 Å². The minimum atomic E-state index is -1.66. The third kappa shape index (κ3) is 2.35. The van der Waals surface area contributed by atoms with Crippen molar-refractivity contribution in [2.75, 3.05) is 0 Å². The summed E-state index contributed by atoms with van der Waals surface area (Å²) in [4.78, 5) is 13.0. The average molecular weight is 505 g/mol. The van der Waals surface area contributed by atoms with Gasteiger partial charge in [0.1, 0.15) is 22.3 Å². The zero-order valence-corrected chi connectivity index (χ0v) is 18.2. The van der Waals surface area contributed by atoms with E-state index >= 15 is 0 Å². The van der Waals surface area contributed by atoms with Crippen molar-refractivity contribution >= 4 is 64.0 Å². The summed E-state index contributed by atoms with van der Waals surface area (Å²) in [5, 5.41) is 19.6. The van der Waals surface area contributed by atoms with E-state index in [4.69, 9.17) is 67.5 Å². The Morgan fingerprint density at radius 1 is 0.800 bits per heavy atom. The van der Waals surface area contributed by atoms with Crippen molar-refractivity contribution in [3.63, 3.8) is 0 Å². The molecule has 1 atom stereocenters. The maximum absolute atomic E-state index is 13.0. The van der Waals surface area contributed by atoms with E-state index in [-0.39, 0.29) is 64.8 Å². The maximum atomic E-state index is 13.0. The zero-order valence-electron chi connectivity index (χ0n) is 14.4. The number of hydrogen-bond donors (Lipinski definition) is 2. The van der Waals surface area contributed by atoms with Crippen molar-refractivity contribution < 1.29 is 24.5 Å². The summed E-state index contributed by atoms with van der Waals surface area (Å²) in [5.74, 6) is -0.988. The van der Waals surface area contributed by atoms with Crippen LogP contribution in [0.2, 0.25) is 25.1 Å². The number of ether oxygens (including phenoxy) is 2. The van der Waals surface area contributed by atoms with E-state index < -0.39 is 11.6 Å². The summed E-state index contributed by atoms with van der Waals surface area (Å²) in [6.07, 6.45) is 0. The van der Waals surface area contributed by atoms with E-state index in [1.54, 1.807) is 0 Å². The number of phenolic OH excluding ortho intramolecular Hbond substituents is 2. The lowest BCUT2D eigenvalue weighted by Crippen LogP contribution is -2.33. The Bertz CT molecular complexity index is 1310. The molecule has 10 heteroatoms. The van der Waals surface area contributed by atoms with Crippen LogP contribution in [-0.2, 0) is 10.3 Å². The van der Waals surface area contributed by atoms with Gasteiger partial charge in [0.25, 0.3) is 0 Å². The third-order valence-corrected chi connectivity index (χ3v) is 7.25. The molecule has 1 spiro atoms. The number of hydrogen-bond acceptors (Lipinski definition) is 5. The first-order valence-corrected chi connectivity index (χ1v) is 10.2. The maximum Gasteiger partial charge on any atom is 0.341 e. The van der Waals surface area contributed by atoms with Gasteiger partial charge in [0.05, 0.1) is 25.7 Å². The molecule has 5 rings (SSSR count).